The molecule has 5 heteroatoms. The van der Waals surface area contributed by atoms with Crippen molar-refractivity contribution in [1.29, 1.82) is 0 Å². The normalized spacial score (nSPS) is 27.2. The minimum Gasteiger partial charge on any atom is -0.394 e. The van der Waals surface area contributed by atoms with Crippen molar-refractivity contribution in [1.82, 2.24) is 15.1 Å². The Kier molecular flexibility index (Phi) is 4.15. The van der Waals surface area contributed by atoms with Gasteiger partial charge in [-0.1, -0.05) is 0 Å². The highest BCUT2D eigenvalue weighted by molar-refractivity contribution is 5.25. The summed E-state index contributed by atoms with van der Waals surface area (Å²) in [4.78, 5) is 0. The monoisotopic (exact) mass is 265 g/mol. The lowest BCUT2D eigenvalue weighted by Crippen LogP contribution is -2.40. The topological polar surface area (TPSA) is 59.3 Å². The number of rotatable bonds is 4. The van der Waals surface area contributed by atoms with Crippen LogP contribution in [-0.2, 0) is 17.7 Å². The molecule has 1 aliphatic carbocycles. The summed E-state index contributed by atoms with van der Waals surface area (Å²) in [5.41, 5.74) is 2.62. The lowest BCUT2D eigenvalue weighted by molar-refractivity contribution is 0.0654. The SMILES string of the molecule is OCCn1ncc2c1CCCC2NC1CCCOC1. The highest BCUT2D eigenvalue weighted by Crippen LogP contribution is 2.30. The molecule has 106 valence electrons. The van der Waals surface area contributed by atoms with Crippen LogP contribution in [0.1, 0.15) is 43.0 Å². The number of nitrogens with one attached hydrogen (secondary N) is 1. The molecule has 3 rings (SSSR count). The van der Waals surface area contributed by atoms with Crippen LogP contribution in [0.5, 0.6) is 0 Å². The standard InChI is InChI=1S/C14H23N3O2/c18-7-6-17-14-5-1-4-13(12(14)9-15-17)16-11-3-2-8-19-10-11/h9,11,13,16,18H,1-8,10H2. The van der Waals surface area contributed by atoms with Crippen LogP contribution in [0.3, 0.4) is 0 Å². The zero-order valence-corrected chi connectivity index (χ0v) is 11.3. The maximum atomic E-state index is 9.07. The first-order valence-corrected chi connectivity index (χ1v) is 7.37. The first kappa shape index (κ1) is 13.1. The summed E-state index contributed by atoms with van der Waals surface area (Å²) < 4.78 is 7.50. The van der Waals surface area contributed by atoms with Gasteiger partial charge in [-0.3, -0.25) is 4.68 Å². The lowest BCUT2D eigenvalue weighted by atomic mass is 9.92. The maximum Gasteiger partial charge on any atom is 0.0644 e. The summed E-state index contributed by atoms with van der Waals surface area (Å²) in [6, 6.07) is 0.883. The molecule has 2 unspecified atom stereocenters. The Morgan fingerprint density at radius 2 is 2.37 bits per heavy atom. The van der Waals surface area contributed by atoms with Gasteiger partial charge in [0.15, 0.2) is 0 Å². The van der Waals surface area contributed by atoms with Gasteiger partial charge in [-0.2, -0.15) is 5.10 Å². The van der Waals surface area contributed by atoms with Gasteiger partial charge in [0.05, 0.1) is 26.0 Å². The summed E-state index contributed by atoms with van der Waals surface area (Å²) in [5, 5.41) is 17.2. The Hall–Kier alpha value is -0.910. The predicted molar refractivity (Wildman–Crippen MR) is 72.0 cm³/mol. The van der Waals surface area contributed by atoms with Crippen LogP contribution >= 0.6 is 0 Å². The Balaban J connectivity index is 1.71. The van der Waals surface area contributed by atoms with E-state index in [0.29, 0.717) is 18.6 Å². The summed E-state index contributed by atoms with van der Waals surface area (Å²) in [7, 11) is 0. The molecule has 0 aromatic carbocycles. The second-order valence-corrected chi connectivity index (χ2v) is 5.52. The third kappa shape index (κ3) is 2.83. The van der Waals surface area contributed by atoms with E-state index in [0.717, 1.165) is 26.1 Å². The summed E-state index contributed by atoms with van der Waals surface area (Å²) in [6.07, 6.45) is 7.78. The predicted octanol–water partition coefficient (Wildman–Crippen LogP) is 1.02. The zero-order chi connectivity index (χ0) is 13.1. The number of hydrogen-bond acceptors (Lipinski definition) is 4. The molecule has 1 aliphatic heterocycles. The van der Waals surface area contributed by atoms with Crippen molar-refractivity contribution in [3.63, 3.8) is 0 Å². The van der Waals surface area contributed by atoms with Gasteiger partial charge in [0.2, 0.25) is 0 Å². The number of aromatic nitrogens is 2. The van der Waals surface area contributed by atoms with Crippen molar-refractivity contribution in [3.05, 3.63) is 17.5 Å². The molecule has 1 fully saturated rings. The summed E-state index contributed by atoms with van der Waals surface area (Å²) in [6.45, 7) is 2.50. The van der Waals surface area contributed by atoms with Gasteiger partial charge in [-0.15, -0.1) is 0 Å². The van der Waals surface area contributed by atoms with Crippen LogP contribution < -0.4 is 5.32 Å². The van der Waals surface area contributed by atoms with E-state index < -0.39 is 0 Å². The van der Waals surface area contributed by atoms with Gasteiger partial charge in [-0.25, -0.2) is 0 Å². The largest absolute Gasteiger partial charge is 0.394 e. The van der Waals surface area contributed by atoms with E-state index in [4.69, 9.17) is 9.84 Å². The number of nitrogens with zero attached hydrogens (tertiary/aromatic N) is 2. The van der Waals surface area contributed by atoms with Crippen molar-refractivity contribution >= 4 is 0 Å². The average molecular weight is 265 g/mol. The third-order valence-corrected chi connectivity index (χ3v) is 4.17. The summed E-state index contributed by atoms with van der Waals surface area (Å²) >= 11 is 0. The highest BCUT2D eigenvalue weighted by Gasteiger charge is 2.26. The molecule has 0 saturated carbocycles. The first-order chi connectivity index (χ1) is 9.38. The maximum absolute atomic E-state index is 9.07. The molecule has 1 saturated heterocycles. The Morgan fingerprint density at radius 3 is 3.16 bits per heavy atom. The molecule has 0 radical (unpaired) electrons. The van der Waals surface area contributed by atoms with Crippen LogP contribution in [0.4, 0.5) is 0 Å². The molecule has 2 atom stereocenters. The van der Waals surface area contributed by atoms with Crippen molar-refractivity contribution in [3.8, 4) is 0 Å². The zero-order valence-electron chi connectivity index (χ0n) is 11.3. The molecular formula is C14H23N3O2. The molecule has 0 bridgehead atoms. The molecule has 2 heterocycles. The molecule has 5 nitrogen and oxygen atoms in total. The molecule has 1 aromatic rings. The van der Waals surface area contributed by atoms with Gasteiger partial charge in [0.25, 0.3) is 0 Å². The third-order valence-electron chi connectivity index (χ3n) is 4.17. The molecule has 2 aliphatic rings. The van der Waals surface area contributed by atoms with E-state index in [1.165, 1.54) is 30.5 Å². The summed E-state index contributed by atoms with van der Waals surface area (Å²) in [5.74, 6) is 0. The molecule has 0 amide bonds. The molecule has 0 spiro atoms. The van der Waals surface area contributed by atoms with E-state index in [9.17, 15) is 0 Å². The van der Waals surface area contributed by atoms with Crippen molar-refractivity contribution in [2.24, 2.45) is 0 Å². The highest BCUT2D eigenvalue weighted by atomic mass is 16.5. The first-order valence-electron chi connectivity index (χ1n) is 7.37. The lowest BCUT2D eigenvalue weighted by Gasteiger charge is -2.31. The average Bonchev–Trinajstić information content (AvgIpc) is 2.85. The van der Waals surface area contributed by atoms with Gasteiger partial charge in [0, 0.05) is 29.9 Å². The van der Waals surface area contributed by atoms with Gasteiger partial charge in [-0.05, 0) is 32.1 Å². The minimum atomic E-state index is 0.155. The molecule has 2 N–H and O–H groups in total. The number of aliphatic hydroxyl groups is 1. The van der Waals surface area contributed by atoms with E-state index in [2.05, 4.69) is 10.4 Å². The fourth-order valence-electron chi connectivity index (χ4n) is 3.24. The Morgan fingerprint density at radius 1 is 1.42 bits per heavy atom. The molecule has 1 aromatic heterocycles. The van der Waals surface area contributed by atoms with Gasteiger partial charge < -0.3 is 15.2 Å². The van der Waals surface area contributed by atoms with Crippen LogP contribution in [0, 0.1) is 0 Å². The Labute approximate surface area is 113 Å². The van der Waals surface area contributed by atoms with Crippen molar-refractivity contribution < 1.29 is 9.84 Å². The van der Waals surface area contributed by atoms with Crippen LogP contribution in [0.25, 0.3) is 0 Å². The van der Waals surface area contributed by atoms with Crippen molar-refractivity contribution in [2.45, 2.75) is 50.7 Å². The van der Waals surface area contributed by atoms with Gasteiger partial charge in [0.1, 0.15) is 0 Å². The quantitative estimate of drug-likeness (QED) is 0.853. The second-order valence-electron chi connectivity index (χ2n) is 5.52. The van der Waals surface area contributed by atoms with Crippen LogP contribution in [0.2, 0.25) is 0 Å². The number of aliphatic hydroxyl groups excluding tert-OH is 1. The smallest absolute Gasteiger partial charge is 0.0644 e. The second kappa shape index (κ2) is 6.03. The van der Waals surface area contributed by atoms with Crippen molar-refractivity contribution in [2.75, 3.05) is 19.8 Å². The van der Waals surface area contributed by atoms with E-state index in [1.54, 1.807) is 0 Å². The fraction of sp³-hybridized carbons (Fsp3) is 0.786. The number of fused-ring (bicyclic) bond motifs is 1. The van der Waals surface area contributed by atoms with Gasteiger partial charge >= 0.3 is 0 Å². The van der Waals surface area contributed by atoms with E-state index in [-0.39, 0.29) is 6.61 Å². The molecule has 19 heavy (non-hydrogen) atoms. The van der Waals surface area contributed by atoms with Crippen LogP contribution in [-0.4, -0.2) is 40.7 Å². The molecular weight excluding hydrogens is 242 g/mol. The fourth-order valence-corrected chi connectivity index (χ4v) is 3.24. The van der Waals surface area contributed by atoms with E-state index >= 15 is 0 Å². The Bertz CT molecular complexity index is 413. The van der Waals surface area contributed by atoms with E-state index in [1.807, 2.05) is 10.9 Å². The number of ether oxygens (including phenoxy) is 1. The number of hydrogen-bond donors (Lipinski definition) is 2. The minimum absolute atomic E-state index is 0.155. The van der Waals surface area contributed by atoms with Crippen LogP contribution in [0.15, 0.2) is 6.20 Å².